The number of rotatable bonds is 3. The second-order valence-electron chi connectivity index (χ2n) is 4.79. The molecule has 3 rings (SSSR count). The molecule has 0 spiro atoms. The summed E-state index contributed by atoms with van der Waals surface area (Å²) in [4.78, 5) is 0.279. The van der Waals surface area contributed by atoms with Gasteiger partial charge < -0.3 is 5.32 Å². The summed E-state index contributed by atoms with van der Waals surface area (Å²) < 4.78 is 28.8. The fraction of sp³-hybridized carbons (Fsp3) is 0.308. The van der Waals surface area contributed by atoms with E-state index in [-0.39, 0.29) is 4.90 Å². The fourth-order valence-corrected chi connectivity index (χ4v) is 3.43. The molecule has 0 bridgehead atoms. The maximum Gasteiger partial charge on any atom is 0.263 e. The number of hydrogen-bond donors (Lipinski definition) is 2. The van der Waals surface area contributed by atoms with Crippen LogP contribution in [-0.2, 0) is 23.5 Å². The summed E-state index contributed by atoms with van der Waals surface area (Å²) in [6.07, 6.45) is 3.47. The first-order valence-corrected chi connectivity index (χ1v) is 7.92. The lowest BCUT2D eigenvalue weighted by Gasteiger charge is -2.18. The van der Waals surface area contributed by atoms with Gasteiger partial charge in [-0.2, -0.15) is 5.10 Å². The number of sulfonamides is 1. The molecule has 0 unspecified atom stereocenters. The molecule has 1 aliphatic rings. The first-order valence-electron chi connectivity index (χ1n) is 6.44. The fourth-order valence-electron chi connectivity index (χ4n) is 2.29. The van der Waals surface area contributed by atoms with E-state index in [4.69, 9.17) is 0 Å². The molecule has 2 N–H and O–H groups in total. The lowest BCUT2D eigenvalue weighted by molar-refractivity contribution is 0.600. The number of aryl methyl sites for hydroxylation is 2. The van der Waals surface area contributed by atoms with Crippen LogP contribution >= 0.6 is 0 Å². The molecule has 0 saturated heterocycles. The average Bonchev–Trinajstić information content (AvgIpc) is 2.83. The van der Waals surface area contributed by atoms with Gasteiger partial charge >= 0.3 is 0 Å². The SMILES string of the molecule is Cn1nccc1NS(=O)(=O)c1ccc2c(c1)CCCN2. The predicted octanol–water partition coefficient (Wildman–Crippen LogP) is 1.58. The zero-order chi connectivity index (χ0) is 14.2. The van der Waals surface area contributed by atoms with Crippen molar-refractivity contribution in [1.82, 2.24) is 9.78 Å². The van der Waals surface area contributed by atoms with Crippen LogP contribution in [0.25, 0.3) is 0 Å². The lowest BCUT2D eigenvalue weighted by Crippen LogP contribution is -2.17. The maximum absolute atomic E-state index is 12.4. The second-order valence-corrected chi connectivity index (χ2v) is 6.48. The van der Waals surface area contributed by atoms with E-state index in [1.807, 2.05) is 6.07 Å². The standard InChI is InChI=1S/C13H16N4O2S/c1-17-13(6-8-15-17)16-20(18,19)11-4-5-12-10(9-11)3-2-7-14-12/h4-6,8-9,14,16H,2-3,7H2,1H3. The van der Waals surface area contributed by atoms with Crippen molar-refractivity contribution in [2.24, 2.45) is 7.05 Å². The minimum Gasteiger partial charge on any atom is -0.385 e. The van der Waals surface area contributed by atoms with Crippen molar-refractivity contribution in [2.75, 3.05) is 16.6 Å². The Labute approximate surface area is 117 Å². The largest absolute Gasteiger partial charge is 0.385 e. The summed E-state index contributed by atoms with van der Waals surface area (Å²) in [5.74, 6) is 0.445. The van der Waals surface area contributed by atoms with Gasteiger partial charge in [-0.05, 0) is 36.6 Å². The minimum absolute atomic E-state index is 0.279. The Bertz CT molecular complexity index is 737. The molecule has 2 aromatic rings. The zero-order valence-electron chi connectivity index (χ0n) is 11.1. The van der Waals surface area contributed by atoms with E-state index in [0.29, 0.717) is 5.82 Å². The summed E-state index contributed by atoms with van der Waals surface area (Å²) in [6, 6.07) is 6.81. The third kappa shape index (κ3) is 2.36. The lowest BCUT2D eigenvalue weighted by atomic mass is 10.0. The predicted molar refractivity (Wildman–Crippen MR) is 77.3 cm³/mol. The van der Waals surface area contributed by atoms with Crippen LogP contribution in [0, 0.1) is 0 Å². The van der Waals surface area contributed by atoms with Crippen LogP contribution in [0.1, 0.15) is 12.0 Å². The van der Waals surface area contributed by atoms with Gasteiger partial charge in [-0.3, -0.25) is 9.40 Å². The molecule has 1 aromatic carbocycles. The first kappa shape index (κ1) is 13.0. The van der Waals surface area contributed by atoms with Gasteiger partial charge in [0.25, 0.3) is 10.0 Å². The molecule has 1 aliphatic heterocycles. The van der Waals surface area contributed by atoms with Crippen LogP contribution in [0.3, 0.4) is 0 Å². The first-order chi connectivity index (χ1) is 9.56. The normalized spacial score (nSPS) is 14.4. The Morgan fingerprint density at radius 3 is 2.95 bits per heavy atom. The molecule has 106 valence electrons. The molecule has 0 saturated carbocycles. The quantitative estimate of drug-likeness (QED) is 0.900. The van der Waals surface area contributed by atoms with Gasteiger partial charge in [0.05, 0.1) is 11.1 Å². The molecule has 2 heterocycles. The summed E-state index contributed by atoms with van der Waals surface area (Å²) in [5, 5.41) is 7.21. The number of aromatic nitrogens is 2. The average molecular weight is 292 g/mol. The number of nitrogens with one attached hydrogen (secondary N) is 2. The maximum atomic E-state index is 12.4. The number of benzene rings is 1. The molecule has 0 amide bonds. The van der Waals surface area contributed by atoms with Crippen LogP contribution in [0.2, 0.25) is 0 Å². The molecular formula is C13H16N4O2S. The van der Waals surface area contributed by atoms with E-state index in [1.165, 1.54) is 4.68 Å². The Morgan fingerprint density at radius 1 is 1.35 bits per heavy atom. The number of fused-ring (bicyclic) bond motifs is 1. The van der Waals surface area contributed by atoms with E-state index in [9.17, 15) is 8.42 Å². The van der Waals surface area contributed by atoms with Gasteiger partial charge in [0, 0.05) is 25.3 Å². The molecule has 7 heteroatoms. The highest BCUT2D eigenvalue weighted by Gasteiger charge is 2.18. The van der Waals surface area contributed by atoms with E-state index < -0.39 is 10.0 Å². The van der Waals surface area contributed by atoms with E-state index in [0.717, 1.165) is 30.6 Å². The Kier molecular flexibility index (Phi) is 3.13. The van der Waals surface area contributed by atoms with E-state index >= 15 is 0 Å². The van der Waals surface area contributed by atoms with Crippen molar-refractivity contribution in [3.8, 4) is 0 Å². The van der Waals surface area contributed by atoms with Crippen LogP contribution in [0.15, 0.2) is 35.4 Å². The third-order valence-corrected chi connectivity index (χ3v) is 4.74. The van der Waals surface area contributed by atoms with E-state index in [1.54, 1.807) is 31.4 Å². The molecule has 0 radical (unpaired) electrons. The third-order valence-electron chi connectivity index (χ3n) is 3.39. The van der Waals surface area contributed by atoms with Crippen molar-refractivity contribution < 1.29 is 8.42 Å². The highest BCUT2D eigenvalue weighted by Crippen LogP contribution is 2.25. The smallest absolute Gasteiger partial charge is 0.263 e. The van der Waals surface area contributed by atoms with Crippen LogP contribution in [0.4, 0.5) is 11.5 Å². The molecular weight excluding hydrogens is 276 g/mol. The van der Waals surface area contributed by atoms with Gasteiger partial charge in [0.1, 0.15) is 5.82 Å². The van der Waals surface area contributed by atoms with Crippen molar-refractivity contribution in [3.63, 3.8) is 0 Å². The summed E-state index contributed by atoms with van der Waals surface area (Å²) >= 11 is 0. The number of anilines is 2. The highest BCUT2D eigenvalue weighted by molar-refractivity contribution is 7.92. The second kappa shape index (κ2) is 4.82. The van der Waals surface area contributed by atoms with Gasteiger partial charge in [-0.15, -0.1) is 0 Å². The highest BCUT2D eigenvalue weighted by atomic mass is 32.2. The summed E-state index contributed by atoms with van der Waals surface area (Å²) in [7, 11) is -1.89. The Balaban J connectivity index is 1.93. The summed E-state index contributed by atoms with van der Waals surface area (Å²) in [6.45, 7) is 0.937. The zero-order valence-corrected chi connectivity index (χ0v) is 11.9. The van der Waals surface area contributed by atoms with Crippen molar-refractivity contribution >= 4 is 21.5 Å². The Hall–Kier alpha value is -2.02. The van der Waals surface area contributed by atoms with Gasteiger partial charge in [0.15, 0.2) is 0 Å². The minimum atomic E-state index is -3.58. The number of hydrogen-bond acceptors (Lipinski definition) is 4. The summed E-state index contributed by atoms with van der Waals surface area (Å²) in [5.41, 5.74) is 2.07. The molecule has 0 atom stereocenters. The molecule has 0 fully saturated rings. The van der Waals surface area contributed by atoms with E-state index in [2.05, 4.69) is 15.1 Å². The van der Waals surface area contributed by atoms with Crippen molar-refractivity contribution in [2.45, 2.75) is 17.7 Å². The van der Waals surface area contributed by atoms with Crippen LogP contribution < -0.4 is 10.0 Å². The van der Waals surface area contributed by atoms with Gasteiger partial charge in [-0.1, -0.05) is 0 Å². The van der Waals surface area contributed by atoms with Crippen LogP contribution in [-0.4, -0.2) is 24.7 Å². The van der Waals surface area contributed by atoms with Gasteiger partial charge in [0.2, 0.25) is 0 Å². The van der Waals surface area contributed by atoms with Crippen molar-refractivity contribution in [1.29, 1.82) is 0 Å². The number of nitrogens with zero attached hydrogens (tertiary/aromatic N) is 2. The molecule has 6 nitrogen and oxygen atoms in total. The molecule has 20 heavy (non-hydrogen) atoms. The topological polar surface area (TPSA) is 76.0 Å². The monoisotopic (exact) mass is 292 g/mol. The Morgan fingerprint density at radius 2 is 2.20 bits per heavy atom. The van der Waals surface area contributed by atoms with Crippen LogP contribution in [0.5, 0.6) is 0 Å². The van der Waals surface area contributed by atoms with Gasteiger partial charge in [-0.25, -0.2) is 8.42 Å². The molecule has 0 aliphatic carbocycles. The van der Waals surface area contributed by atoms with Crippen molar-refractivity contribution in [3.05, 3.63) is 36.0 Å². The molecule has 1 aromatic heterocycles.